The van der Waals surface area contributed by atoms with Crippen LogP contribution in [0.1, 0.15) is 11.3 Å². The Morgan fingerprint density at radius 3 is 2.73 bits per heavy atom. The van der Waals surface area contributed by atoms with Crippen molar-refractivity contribution >= 4 is 23.4 Å². The van der Waals surface area contributed by atoms with Crippen LogP contribution in [0.5, 0.6) is 0 Å². The number of aromatic nitrogens is 4. The molecule has 0 unspecified atom stereocenters. The smallest absolute Gasteiger partial charge is 0.196 e. The van der Waals surface area contributed by atoms with Gasteiger partial charge in [-0.2, -0.15) is 0 Å². The molecule has 0 N–H and O–H groups in total. The monoisotopic (exact) mass is 382 g/mol. The lowest BCUT2D eigenvalue weighted by atomic mass is 10.1. The van der Waals surface area contributed by atoms with E-state index in [-0.39, 0.29) is 0 Å². The summed E-state index contributed by atoms with van der Waals surface area (Å²) in [6, 6.07) is 17.6. The molecule has 0 spiro atoms. The molecule has 5 nitrogen and oxygen atoms in total. The van der Waals surface area contributed by atoms with E-state index in [4.69, 9.17) is 16.1 Å². The Kier molecular flexibility index (Phi) is 4.77. The highest BCUT2D eigenvalue weighted by Gasteiger charge is 2.12. The van der Waals surface area contributed by atoms with Crippen molar-refractivity contribution in [1.82, 2.24) is 19.9 Å². The van der Waals surface area contributed by atoms with Crippen molar-refractivity contribution < 1.29 is 4.52 Å². The molecule has 130 valence electrons. The molecule has 4 aromatic rings. The van der Waals surface area contributed by atoms with Crippen LogP contribution in [0.15, 0.2) is 70.6 Å². The Labute approximate surface area is 160 Å². The molecule has 0 amide bonds. The maximum absolute atomic E-state index is 5.93. The lowest BCUT2D eigenvalue weighted by Crippen LogP contribution is -1.97. The second-order valence-electron chi connectivity index (χ2n) is 5.74. The van der Waals surface area contributed by atoms with Crippen LogP contribution in [0.4, 0.5) is 0 Å². The van der Waals surface area contributed by atoms with Crippen molar-refractivity contribution in [3.05, 3.63) is 77.3 Å². The number of hydrogen-bond acceptors (Lipinski definition) is 5. The number of para-hydroxylation sites is 1. The van der Waals surface area contributed by atoms with E-state index in [0.717, 1.165) is 27.9 Å². The number of rotatable bonds is 5. The quantitative estimate of drug-likeness (QED) is 0.445. The standard InChI is InChI=1S/C19H15ClN4OS/c1-13-4-2-3-5-18(13)24-12-21-22-19(24)26-11-16-10-17(23-25-16)14-6-8-15(20)9-7-14/h2-10,12H,11H2,1H3. The van der Waals surface area contributed by atoms with Gasteiger partial charge in [-0.05, 0) is 30.7 Å². The van der Waals surface area contributed by atoms with Crippen LogP contribution in [0.2, 0.25) is 5.02 Å². The van der Waals surface area contributed by atoms with E-state index < -0.39 is 0 Å². The topological polar surface area (TPSA) is 56.7 Å². The van der Waals surface area contributed by atoms with Crippen LogP contribution >= 0.6 is 23.4 Å². The van der Waals surface area contributed by atoms with Gasteiger partial charge in [0.1, 0.15) is 17.8 Å². The third-order valence-electron chi connectivity index (χ3n) is 3.93. The molecule has 2 heterocycles. The molecule has 0 aliphatic carbocycles. The van der Waals surface area contributed by atoms with Gasteiger partial charge < -0.3 is 4.52 Å². The zero-order chi connectivity index (χ0) is 17.9. The molecule has 4 rings (SSSR count). The minimum Gasteiger partial charge on any atom is -0.360 e. The van der Waals surface area contributed by atoms with Crippen molar-refractivity contribution in [3.8, 4) is 16.9 Å². The average molecular weight is 383 g/mol. The largest absolute Gasteiger partial charge is 0.360 e. The molecule has 0 aliphatic heterocycles. The molecule has 0 fully saturated rings. The molecule has 2 aromatic carbocycles. The number of halogens is 1. The van der Waals surface area contributed by atoms with Gasteiger partial charge in [-0.3, -0.25) is 4.57 Å². The van der Waals surface area contributed by atoms with Crippen molar-refractivity contribution in [2.24, 2.45) is 0 Å². The van der Waals surface area contributed by atoms with Gasteiger partial charge in [0, 0.05) is 16.7 Å². The molecule has 0 atom stereocenters. The lowest BCUT2D eigenvalue weighted by molar-refractivity contribution is 0.397. The summed E-state index contributed by atoms with van der Waals surface area (Å²) < 4.78 is 7.44. The molecule has 0 saturated heterocycles. The maximum atomic E-state index is 5.93. The third-order valence-corrected chi connectivity index (χ3v) is 5.15. The SMILES string of the molecule is Cc1ccccc1-n1cnnc1SCc1cc(-c2ccc(Cl)cc2)no1. The van der Waals surface area contributed by atoms with E-state index in [0.29, 0.717) is 10.8 Å². The molecular formula is C19H15ClN4OS. The van der Waals surface area contributed by atoms with Gasteiger partial charge in [0.15, 0.2) is 5.16 Å². The first-order chi connectivity index (χ1) is 12.7. The first-order valence-corrected chi connectivity index (χ1v) is 9.37. The van der Waals surface area contributed by atoms with Gasteiger partial charge in [-0.25, -0.2) is 0 Å². The summed E-state index contributed by atoms with van der Waals surface area (Å²) in [6.07, 6.45) is 1.73. The highest BCUT2D eigenvalue weighted by Crippen LogP contribution is 2.27. The number of benzene rings is 2. The van der Waals surface area contributed by atoms with Crippen LogP contribution in [-0.2, 0) is 5.75 Å². The van der Waals surface area contributed by atoms with E-state index >= 15 is 0 Å². The second kappa shape index (κ2) is 7.35. The zero-order valence-corrected chi connectivity index (χ0v) is 15.5. The fourth-order valence-corrected chi connectivity index (χ4v) is 3.52. The van der Waals surface area contributed by atoms with E-state index in [1.165, 1.54) is 5.56 Å². The average Bonchev–Trinajstić information content (AvgIpc) is 3.30. The van der Waals surface area contributed by atoms with Gasteiger partial charge in [-0.1, -0.05) is 58.9 Å². The van der Waals surface area contributed by atoms with Crippen LogP contribution in [0.3, 0.4) is 0 Å². The predicted octanol–water partition coefficient (Wildman–Crippen LogP) is 5.18. The summed E-state index contributed by atoms with van der Waals surface area (Å²) in [5.74, 6) is 1.39. The van der Waals surface area contributed by atoms with Crippen LogP contribution in [0, 0.1) is 6.92 Å². The van der Waals surface area contributed by atoms with Crippen molar-refractivity contribution in [1.29, 1.82) is 0 Å². The molecule has 26 heavy (non-hydrogen) atoms. The summed E-state index contributed by atoms with van der Waals surface area (Å²) in [6.45, 7) is 2.07. The molecule has 0 aliphatic rings. The fraction of sp³-hybridized carbons (Fsp3) is 0.105. The Balaban J connectivity index is 1.50. The Bertz CT molecular complexity index is 1030. The molecule has 7 heteroatoms. The van der Waals surface area contributed by atoms with Gasteiger partial charge in [0.25, 0.3) is 0 Å². The number of hydrogen-bond donors (Lipinski definition) is 0. The number of aryl methyl sites for hydroxylation is 1. The van der Waals surface area contributed by atoms with Crippen molar-refractivity contribution in [3.63, 3.8) is 0 Å². The molecule has 0 bridgehead atoms. The van der Waals surface area contributed by atoms with E-state index in [1.54, 1.807) is 18.1 Å². The molecular weight excluding hydrogens is 368 g/mol. The highest BCUT2D eigenvalue weighted by molar-refractivity contribution is 7.98. The Morgan fingerprint density at radius 1 is 1.12 bits per heavy atom. The highest BCUT2D eigenvalue weighted by atomic mass is 35.5. The molecule has 0 saturated carbocycles. The first kappa shape index (κ1) is 16.9. The first-order valence-electron chi connectivity index (χ1n) is 8.01. The van der Waals surface area contributed by atoms with Crippen LogP contribution < -0.4 is 0 Å². The van der Waals surface area contributed by atoms with Gasteiger partial charge in [0.2, 0.25) is 0 Å². The number of nitrogens with zero attached hydrogens (tertiary/aromatic N) is 4. The second-order valence-corrected chi connectivity index (χ2v) is 7.12. The van der Waals surface area contributed by atoms with Gasteiger partial charge in [0.05, 0.1) is 11.4 Å². The van der Waals surface area contributed by atoms with E-state index in [9.17, 15) is 0 Å². The summed E-state index contributed by atoms with van der Waals surface area (Å²) in [5.41, 5.74) is 3.99. The predicted molar refractivity (Wildman–Crippen MR) is 103 cm³/mol. The normalized spacial score (nSPS) is 11.0. The third kappa shape index (κ3) is 3.52. The lowest BCUT2D eigenvalue weighted by Gasteiger charge is -2.08. The minimum atomic E-state index is 0.616. The summed E-state index contributed by atoms with van der Waals surface area (Å²) in [4.78, 5) is 0. The van der Waals surface area contributed by atoms with Crippen molar-refractivity contribution in [2.75, 3.05) is 0 Å². The maximum Gasteiger partial charge on any atom is 0.196 e. The molecule has 2 aromatic heterocycles. The summed E-state index contributed by atoms with van der Waals surface area (Å²) in [5, 5.41) is 13.9. The van der Waals surface area contributed by atoms with Gasteiger partial charge in [-0.15, -0.1) is 10.2 Å². The van der Waals surface area contributed by atoms with Gasteiger partial charge >= 0.3 is 0 Å². The Morgan fingerprint density at radius 2 is 1.92 bits per heavy atom. The van der Waals surface area contributed by atoms with Crippen LogP contribution in [0.25, 0.3) is 16.9 Å². The van der Waals surface area contributed by atoms with E-state index in [1.807, 2.05) is 47.0 Å². The fourth-order valence-electron chi connectivity index (χ4n) is 2.60. The number of thioether (sulfide) groups is 1. The summed E-state index contributed by atoms with van der Waals surface area (Å²) >= 11 is 7.48. The minimum absolute atomic E-state index is 0.616. The molecule has 0 radical (unpaired) electrons. The van der Waals surface area contributed by atoms with Crippen LogP contribution in [-0.4, -0.2) is 19.9 Å². The van der Waals surface area contributed by atoms with Crippen molar-refractivity contribution in [2.45, 2.75) is 17.8 Å². The zero-order valence-electron chi connectivity index (χ0n) is 14.0. The van der Waals surface area contributed by atoms with E-state index in [2.05, 4.69) is 34.4 Å². The summed E-state index contributed by atoms with van der Waals surface area (Å²) in [7, 11) is 0. The Hall–Kier alpha value is -2.57.